The molecule has 90 valence electrons. The molecule has 2 aromatic rings. The first-order valence-electron chi connectivity index (χ1n) is 6.00. The number of aryl methyl sites for hydroxylation is 2. The monoisotopic (exact) mass is 246 g/mol. The molecule has 0 bridgehead atoms. The van der Waals surface area contributed by atoms with E-state index in [2.05, 4.69) is 44.2 Å². The summed E-state index contributed by atoms with van der Waals surface area (Å²) in [6.07, 6.45) is 0. The molecule has 0 spiro atoms. The van der Waals surface area contributed by atoms with Crippen molar-refractivity contribution in [2.24, 2.45) is 0 Å². The summed E-state index contributed by atoms with van der Waals surface area (Å²) < 4.78 is 0. The second-order valence-electron chi connectivity index (χ2n) is 3.83. The van der Waals surface area contributed by atoms with Crippen LogP contribution in [0.5, 0.6) is 0 Å². The van der Waals surface area contributed by atoms with Gasteiger partial charge in [0, 0.05) is 5.02 Å². The van der Waals surface area contributed by atoms with Gasteiger partial charge in [-0.05, 0) is 48.2 Å². The maximum Gasteiger partial charge on any atom is 0.0414 e. The molecule has 0 nitrogen and oxygen atoms in total. The van der Waals surface area contributed by atoms with Crippen molar-refractivity contribution in [1.82, 2.24) is 0 Å². The van der Waals surface area contributed by atoms with Gasteiger partial charge in [-0.25, -0.2) is 0 Å². The fraction of sp³-hybridized carbons (Fsp3) is 0.250. The first-order valence-corrected chi connectivity index (χ1v) is 6.38. The zero-order chi connectivity index (χ0) is 12.8. The highest BCUT2D eigenvalue weighted by molar-refractivity contribution is 6.31. The second kappa shape index (κ2) is 6.46. The van der Waals surface area contributed by atoms with Crippen LogP contribution in [-0.2, 0) is 0 Å². The zero-order valence-electron chi connectivity index (χ0n) is 10.9. The predicted octanol–water partition coefficient (Wildman–Crippen LogP) is 5.65. The van der Waals surface area contributed by atoms with Crippen molar-refractivity contribution in [2.45, 2.75) is 27.7 Å². The van der Waals surface area contributed by atoms with E-state index < -0.39 is 0 Å². The SMILES string of the molecule is CC.Cc1cc(Cl)cc(-c2ccccc2C)c1. The van der Waals surface area contributed by atoms with E-state index >= 15 is 0 Å². The molecule has 0 saturated heterocycles. The van der Waals surface area contributed by atoms with Gasteiger partial charge in [-0.3, -0.25) is 0 Å². The van der Waals surface area contributed by atoms with E-state index in [1.807, 2.05) is 26.0 Å². The van der Waals surface area contributed by atoms with Crippen LogP contribution < -0.4 is 0 Å². The van der Waals surface area contributed by atoms with Gasteiger partial charge in [0.1, 0.15) is 0 Å². The van der Waals surface area contributed by atoms with Crippen LogP contribution in [0, 0.1) is 13.8 Å². The molecule has 0 aliphatic carbocycles. The summed E-state index contributed by atoms with van der Waals surface area (Å²) in [5, 5.41) is 0.799. The van der Waals surface area contributed by atoms with Crippen LogP contribution >= 0.6 is 11.6 Å². The number of hydrogen-bond acceptors (Lipinski definition) is 0. The van der Waals surface area contributed by atoms with Crippen LogP contribution in [0.25, 0.3) is 11.1 Å². The van der Waals surface area contributed by atoms with E-state index in [-0.39, 0.29) is 0 Å². The quantitative estimate of drug-likeness (QED) is 0.610. The lowest BCUT2D eigenvalue weighted by atomic mass is 9.99. The Morgan fingerprint density at radius 3 is 2.12 bits per heavy atom. The van der Waals surface area contributed by atoms with Gasteiger partial charge in [0.25, 0.3) is 0 Å². The van der Waals surface area contributed by atoms with Crippen molar-refractivity contribution in [3.05, 3.63) is 58.6 Å². The molecule has 2 rings (SSSR count). The predicted molar refractivity (Wildman–Crippen MR) is 77.7 cm³/mol. The minimum atomic E-state index is 0.799. The normalized spacial score (nSPS) is 9.47. The molecule has 0 amide bonds. The molecule has 0 aliphatic rings. The van der Waals surface area contributed by atoms with Gasteiger partial charge >= 0.3 is 0 Å². The minimum absolute atomic E-state index is 0.799. The average Bonchev–Trinajstić information content (AvgIpc) is 2.31. The van der Waals surface area contributed by atoms with Crippen LogP contribution in [0.3, 0.4) is 0 Å². The summed E-state index contributed by atoms with van der Waals surface area (Å²) in [7, 11) is 0. The Morgan fingerprint density at radius 1 is 0.882 bits per heavy atom. The Morgan fingerprint density at radius 2 is 1.53 bits per heavy atom. The van der Waals surface area contributed by atoms with Crippen LogP contribution in [0.4, 0.5) is 0 Å². The summed E-state index contributed by atoms with van der Waals surface area (Å²) in [4.78, 5) is 0. The lowest BCUT2D eigenvalue weighted by Crippen LogP contribution is -1.83. The molecule has 1 heteroatoms. The van der Waals surface area contributed by atoms with Crippen molar-refractivity contribution in [2.75, 3.05) is 0 Å². The van der Waals surface area contributed by atoms with E-state index in [1.54, 1.807) is 0 Å². The molecule has 17 heavy (non-hydrogen) atoms. The van der Waals surface area contributed by atoms with Gasteiger partial charge in [0.2, 0.25) is 0 Å². The van der Waals surface area contributed by atoms with Crippen molar-refractivity contribution >= 4 is 11.6 Å². The number of hydrogen-bond donors (Lipinski definition) is 0. The van der Waals surface area contributed by atoms with Gasteiger partial charge in [0.15, 0.2) is 0 Å². The van der Waals surface area contributed by atoms with Crippen molar-refractivity contribution in [3.8, 4) is 11.1 Å². The molecular formula is C16H19Cl. The van der Waals surface area contributed by atoms with Gasteiger partial charge in [0.05, 0.1) is 0 Å². The number of benzene rings is 2. The topological polar surface area (TPSA) is 0 Å². The molecule has 0 radical (unpaired) electrons. The summed E-state index contributed by atoms with van der Waals surface area (Å²) in [5.74, 6) is 0. The molecule has 0 N–H and O–H groups in total. The maximum absolute atomic E-state index is 6.05. The van der Waals surface area contributed by atoms with Crippen molar-refractivity contribution in [3.63, 3.8) is 0 Å². The van der Waals surface area contributed by atoms with Gasteiger partial charge in [-0.15, -0.1) is 0 Å². The molecule has 0 atom stereocenters. The van der Waals surface area contributed by atoms with Gasteiger partial charge in [-0.1, -0.05) is 55.8 Å². The minimum Gasteiger partial charge on any atom is -0.0843 e. The summed E-state index contributed by atoms with van der Waals surface area (Å²) in [6.45, 7) is 8.18. The second-order valence-corrected chi connectivity index (χ2v) is 4.27. The summed E-state index contributed by atoms with van der Waals surface area (Å²) in [5.41, 5.74) is 4.92. The fourth-order valence-electron chi connectivity index (χ4n) is 1.79. The third kappa shape index (κ3) is 3.61. The third-order valence-electron chi connectivity index (χ3n) is 2.50. The van der Waals surface area contributed by atoms with Crippen LogP contribution in [0.1, 0.15) is 25.0 Å². The first-order chi connectivity index (χ1) is 8.16. The molecule has 0 aromatic heterocycles. The molecule has 2 aromatic carbocycles. The summed E-state index contributed by atoms with van der Waals surface area (Å²) >= 11 is 6.05. The standard InChI is InChI=1S/C14H13Cl.C2H6/c1-10-7-12(9-13(15)8-10)14-6-4-3-5-11(14)2;1-2/h3-9H,1-2H3;1-2H3. The number of rotatable bonds is 1. The lowest BCUT2D eigenvalue weighted by Gasteiger charge is -2.07. The van der Waals surface area contributed by atoms with E-state index in [0.717, 1.165) is 5.02 Å². The van der Waals surface area contributed by atoms with E-state index in [1.165, 1.54) is 22.3 Å². The summed E-state index contributed by atoms with van der Waals surface area (Å²) in [6, 6.07) is 14.5. The Bertz CT molecular complexity index is 466. The highest BCUT2D eigenvalue weighted by atomic mass is 35.5. The molecule has 0 unspecified atom stereocenters. The largest absolute Gasteiger partial charge is 0.0843 e. The number of halogens is 1. The van der Waals surface area contributed by atoms with Crippen LogP contribution in [0.2, 0.25) is 5.02 Å². The molecule has 0 saturated carbocycles. The van der Waals surface area contributed by atoms with Gasteiger partial charge in [-0.2, -0.15) is 0 Å². The molecule has 0 fully saturated rings. The van der Waals surface area contributed by atoms with Crippen molar-refractivity contribution < 1.29 is 0 Å². The lowest BCUT2D eigenvalue weighted by molar-refractivity contribution is 1.43. The Kier molecular flexibility index (Phi) is 5.24. The Hall–Kier alpha value is -1.27. The Labute approximate surface area is 109 Å². The van der Waals surface area contributed by atoms with Crippen molar-refractivity contribution in [1.29, 1.82) is 0 Å². The smallest absolute Gasteiger partial charge is 0.0414 e. The Balaban J connectivity index is 0.000000686. The first kappa shape index (κ1) is 13.8. The molecule has 0 heterocycles. The molecule has 0 aliphatic heterocycles. The average molecular weight is 247 g/mol. The van der Waals surface area contributed by atoms with E-state index in [9.17, 15) is 0 Å². The fourth-order valence-corrected chi connectivity index (χ4v) is 2.08. The van der Waals surface area contributed by atoms with Gasteiger partial charge < -0.3 is 0 Å². The van der Waals surface area contributed by atoms with E-state index in [0.29, 0.717) is 0 Å². The molecular weight excluding hydrogens is 228 g/mol. The van der Waals surface area contributed by atoms with Crippen LogP contribution in [-0.4, -0.2) is 0 Å². The highest BCUT2D eigenvalue weighted by Crippen LogP contribution is 2.26. The third-order valence-corrected chi connectivity index (χ3v) is 2.72. The highest BCUT2D eigenvalue weighted by Gasteiger charge is 2.02. The zero-order valence-corrected chi connectivity index (χ0v) is 11.7. The van der Waals surface area contributed by atoms with Crippen LogP contribution in [0.15, 0.2) is 42.5 Å². The van der Waals surface area contributed by atoms with E-state index in [4.69, 9.17) is 11.6 Å². The maximum atomic E-state index is 6.05.